The van der Waals surface area contributed by atoms with Crippen molar-refractivity contribution in [1.29, 1.82) is 0 Å². The first-order valence-electron chi connectivity index (χ1n) is 3.95. The number of hydrogen-bond acceptors (Lipinski definition) is 4. The van der Waals surface area contributed by atoms with Gasteiger partial charge in [-0.3, -0.25) is 4.98 Å². The molecule has 0 amide bonds. The van der Waals surface area contributed by atoms with Gasteiger partial charge in [-0.2, -0.15) is 0 Å². The van der Waals surface area contributed by atoms with Crippen LogP contribution in [0.1, 0.15) is 0 Å². The average Bonchev–Trinajstić information content (AvgIpc) is 2.56. The molecule has 0 atom stereocenters. The lowest BCUT2D eigenvalue weighted by atomic mass is 10.3. The van der Waals surface area contributed by atoms with Crippen molar-refractivity contribution < 1.29 is 0 Å². The molecule has 72 valence electrons. The Balaban J connectivity index is 2.23. The van der Waals surface area contributed by atoms with Crippen LogP contribution in [0.4, 0.5) is 17.6 Å². The molecule has 0 saturated heterocycles. The van der Waals surface area contributed by atoms with Gasteiger partial charge in [0.1, 0.15) is 0 Å². The number of rotatable bonds is 2. The summed E-state index contributed by atoms with van der Waals surface area (Å²) in [6.07, 6.45) is 0. The Labute approximate surface area is 85.3 Å². The van der Waals surface area contributed by atoms with Gasteiger partial charge in [-0.25, -0.2) is 0 Å². The number of benzene rings is 1. The lowest BCUT2D eigenvalue weighted by Gasteiger charge is -2.03. The normalized spacial score (nSPS) is 10.1. The van der Waals surface area contributed by atoms with Crippen molar-refractivity contribution in [1.82, 2.24) is 15.2 Å². The zero-order valence-electron chi connectivity index (χ0n) is 7.16. The minimum atomic E-state index is 0.263. The first-order valence-corrected chi connectivity index (χ1v) is 4.33. The average molecular weight is 210 g/mol. The number of anilines is 3. The summed E-state index contributed by atoms with van der Waals surface area (Å²) >= 11 is 5.93. The Kier molecular flexibility index (Phi) is 2.24. The smallest absolute Gasteiger partial charge is 0.227 e. The van der Waals surface area contributed by atoms with Crippen molar-refractivity contribution in [3.8, 4) is 0 Å². The van der Waals surface area contributed by atoms with E-state index in [2.05, 4.69) is 20.5 Å². The lowest BCUT2D eigenvalue weighted by Crippen LogP contribution is -1.93. The molecule has 0 saturated carbocycles. The Morgan fingerprint density at radius 1 is 1.29 bits per heavy atom. The molecule has 0 unspecified atom stereocenters. The number of H-pyrrole nitrogens is 1. The molecule has 0 fully saturated rings. The summed E-state index contributed by atoms with van der Waals surface area (Å²) in [6, 6.07) is 7.33. The minimum Gasteiger partial charge on any atom is -0.368 e. The fourth-order valence-corrected chi connectivity index (χ4v) is 1.20. The van der Waals surface area contributed by atoms with Crippen LogP contribution in [0.25, 0.3) is 0 Å². The molecule has 1 heterocycles. The van der Waals surface area contributed by atoms with Gasteiger partial charge in [0.2, 0.25) is 11.9 Å². The molecular weight excluding hydrogens is 202 g/mol. The maximum absolute atomic E-state index is 5.93. The van der Waals surface area contributed by atoms with E-state index in [1.165, 1.54) is 0 Å². The number of nitrogens with one attached hydrogen (secondary N) is 2. The zero-order valence-corrected chi connectivity index (χ0v) is 7.92. The standard InChI is InChI=1S/C8H8ClN5/c9-5-3-1-2-4-6(5)11-8-12-7(10)13-14-8/h1-4H,(H4,10,11,12,13,14). The fraction of sp³-hybridized carbons (Fsp3) is 0. The zero-order chi connectivity index (χ0) is 9.97. The van der Waals surface area contributed by atoms with Crippen molar-refractivity contribution in [2.24, 2.45) is 0 Å². The largest absolute Gasteiger partial charge is 0.368 e. The third-order valence-electron chi connectivity index (χ3n) is 1.63. The van der Waals surface area contributed by atoms with Crippen molar-refractivity contribution >= 4 is 29.2 Å². The number of aromatic amines is 1. The summed E-state index contributed by atoms with van der Waals surface area (Å²) in [5, 5.41) is 10.9. The number of hydrogen-bond donors (Lipinski definition) is 3. The second-order valence-electron chi connectivity index (χ2n) is 2.66. The van der Waals surface area contributed by atoms with Crippen LogP contribution in [0.5, 0.6) is 0 Å². The van der Waals surface area contributed by atoms with Crippen LogP contribution in [0.15, 0.2) is 24.3 Å². The molecule has 0 aliphatic carbocycles. The van der Waals surface area contributed by atoms with Gasteiger partial charge in [-0.15, -0.1) is 10.2 Å². The number of nitrogens with two attached hydrogens (primary N) is 1. The lowest BCUT2D eigenvalue weighted by molar-refractivity contribution is 1.10. The van der Waals surface area contributed by atoms with E-state index in [1.807, 2.05) is 18.2 Å². The van der Waals surface area contributed by atoms with Crippen LogP contribution in [0.3, 0.4) is 0 Å². The highest BCUT2D eigenvalue weighted by atomic mass is 35.5. The molecule has 1 aromatic carbocycles. The Hall–Kier alpha value is -1.75. The van der Waals surface area contributed by atoms with E-state index in [1.54, 1.807) is 6.07 Å². The Morgan fingerprint density at radius 3 is 2.71 bits per heavy atom. The van der Waals surface area contributed by atoms with E-state index in [9.17, 15) is 0 Å². The molecule has 1 aromatic heterocycles. The van der Waals surface area contributed by atoms with E-state index in [0.717, 1.165) is 5.69 Å². The maximum Gasteiger partial charge on any atom is 0.227 e. The summed E-state index contributed by atoms with van der Waals surface area (Å²) in [5.74, 6) is 0.732. The van der Waals surface area contributed by atoms with Gasteiger partial charge in [0.25, 0.3) is 0 Å². The van der Waals surface area contributed by atoms with E-state index in [0.29, 0.717) is 11.0 Å². The molecule has 14 heavy (non-hydrogen) atoms. The molecule has 0 radical (unpaired) electrons. The molecule has 2 rings (SSSR count). The van der Waals surface area contributed by atoms with Crippen LogP contribution in [-0.2, 0) is 0 Å². The van der Waals surface area contributed by atoms with Crippen LogP contribution in [0.2, 0.25) is 5.02 Å². The third kappa shape index (κ3) is 1.77. The minimum absolute atomic E-state index is 0.263. The van der Waals surface area contributed by atoms with E-state index < -0.39 is 0 Å². The second kappa shape index (κ2) is 3.55. The molecule has 0 bridgehead atoms. The molecule has 0 spiro atoms. The van der Waals surface area contributed by atoms with Gasteiger partial charge in [0, 0.05) is 0 Å². The summed E-state index contributed by atoms with van der Waals surface area (Å²) in [4.78, 5) is 2.74. The van der Waals surface area contributed by atoms with Gasteiger partial charge in [0.15, 0.2) is 0 Å². The number of para-hydroxylation sites is 1. The highest BCUT2D eigenvalue weighted by Crippen LogP contribution is 2.22. The van der Waals surface area contributed by atoms with Crippen LogP contribution in [0, 0.1) is 0 Å². The summed E-state index contributed by atoms with van der Waals surface area (Å²) in [5.41, 5.74) is 6.12. The Morgan fingerprint density at radius 2 is 2.07 bits per heavy atom. The van der Waals surface area contributed by atoms with Gasteiger partial charge < -0.3 is 11.1 Å². The fourth-order valence-electron chi connectivity index (χ4n) is 1.02. The van der Waals surface area contributed by atoms with Gasteiger partial charge >= 0.3 is 0 Å². The molecule has 6 heteroatoms. The number of aromatic nitrogens is 3. The van der Waals surface area contributed by atoms with Gasteiger partial charge in [0.05, 0.1) is 10.7 Å². The van der Waals surface area contributed by atoms with Crippen molar-refractivity contribution in [3.05, 3.63) is 29.3 Å². The monoisotopic (exact) mass is 209 g/mol. The second-order valence-corrected chi connectivity index (χ2v) is 3.07. The van der Waals surface area contributed by atoms with E-state index in [4.69, 9.17) is 17.3 Å². The first kappa shape index (κ1) is 8.83. The predicted molar refractivity (Wildman–Crippen MR) is 55.5 cm³/mol. The van der Waals surface area contributed by atoms with Crippen LogP contribution in [-0.4, -0.2) is 15.2 Å². The summed E-state index contributed by atoms with van der Waals surface area (Å²) in [7, 11) is 0. The van der Waals surface area contributed by atoms with Crippen molar-refractivity contribution in [3.63, 3.8) is 0 Å². The first-order chi connectivity index (χ1) is 6.75. The van der Waals surface area contributed by atoms with Gasteiger partial charge in [-0.05, 0) is 12.1 Å². The molecule has 5 nitrogen and oxygen atoms in total. The number of nitrogens with zero attached hydrogens (tertiary/aromatic N) is 2. The summed E-state index contributed by atoms with van der Waals surface area (Å²) < 4.78 is 0. The van der Waals surface area contributed by atoms with Crippen LogP contribution < -0.4 is 11.1 Å². The Bertz CT molecular complexity index is 439. The highest BCUT2D eigenvalue weighted by molar-refractivity contribution is 6.33. The molecular formula is C8H8ClN5. The van der Waals surface area contributed by atoms with E-state index in [-0.39, 0.29) is 5.95 Å². The highest BCUT2D eigenvalue weighted by Gasteiger charge is 2.02. The van der Waals surface area contributed by atoms with Crippen LogP contribution >= 0.6 is 11.6 Å². The van der Waals surface area contributed by atoms with Gasteiger partial charge in [-0.1, -0.05) is 23.7 Å². The topological polar surface area (TPSA) is 79.6 Å². The number of nitrogen functional groups attached to an aromatic ring is 1. The number of halogens is 1. The quantitative estimate of drug-likeness (QED) is 0.705. The maximum atomic E-state index is 5.93. The van der Waals surface area contributed by atoms with Crippen molar-refractivity contribution in [2.75, 3.05) is 11.1 Å². The summed E-state index contributed by atoms with van der Waals surface area (Å²) in [6.45, 7) is 0. The SMILES string of the molecule is Nc1nnc(Nc2ccccc2Cl)[nH]1. The molecule has 4 N–H and O–H groups in total. The molecule has 0 aliphatic rings. The molecule has 2 aromatic rings. The van der Waals surface area contributed by atoms with E-state index >= 15 is 0 Å². The van der Waals surface area contributed by atoms with Crippen molar-refractivity contribution in [2.45, 2.75) is 0 Å². The predicted octanol–water partition coefficient (Wildman–Crippen LogP) is 1.78. The molecule has 0 aliphatic heterocycles. The third-order valence-corrected chi connectivity index (χ3v) is 1.96.